The van der Waals surface area contributed by atoms with E-state index in [4.69, 9.17) is 10.5 Å². The number of aromatic amines is 1. The lowest BCUT2D eigenvalue weighted by Gasteiger charge is -2.01. The number of hydrogen-bond acceptors (Lipinski definition) is 4. The fourth-order valence-corrected chi connectivity index (χ4v) is 2.23. The number of H-pyrrole nitrogens is 1. The Morgan fingerprint density at radius 2 is 2.19 bits per heavy atom. The van der Waals surface area contributed by atoms with Crippen molar-refractivity contribution >= 4 is 17.1 Å². The predicted molar refractivity (Wildman–Crippen MR) is 78.4 cm³/mol. The lowest BCUT2D eigenvalue weighted by atomic mass is 10.2. The highest BCUT2D eigenvalue weighted by molar-refractivity contribution is 5.86. The third kappa shape index (κ3) is 2.55. The number of nitrogens with two attached hydrogens (primary N) is 1. The smallest absolute Gasteiger partial charge is 0.404 e. The van der Waals surface area contributed by atoms with Crippen LogP contribution in [0.15, 0.2) is 36.5 Å². The van der Waals surface area contributed by atoms with Crippen molar-refractivity contribution in [2.75, 3.05) is 0 Å². The first-order valence-electron chi connectivity index (χ1n) is 6.47. The molecule has 0 spiro atoms. The molecule has 3 N–H and O–H groups in total. The molecule has 3 heterocycles. The lowest BCUT2D eigenvalue weighted by molar-refractivity contribution is 0.149. The van der Waals surface area contributed by atoms with Crippen LogP contribution in [0.3, 0.4) is 0 Å². The number of primary amides is 1. The second kappa shape index (κ2) is 5.24. The zero-order valence-corrected chi connectivity index (χ0v) is 11.5. The fraction of sp³-hybridized carbons (Fsp3) is 0.133. The van der Waals surface area contributed by atoms with E-state index in [9.17, 15) is 4.79 Å². The number of carbonyl (C=O) groups excluding carboxylic acids is 1. The normalized spacial score (nSPS) is 10.7. The van der Waals surface area contributed by atoms with Crippen molar-refractivity contribution in [3.8, 4) is 11.4 Å². The zero-order chi connectivity index (χ0) is 14.8. The summed E-state index contributed by atoms with van der Waals surface area (Å²) in [6, 6.07) is 9.45. The Morgan fingerprint density at radius 3 is 2.90 bits per heavy atom. The molecule has 6 heteroatoms. The first-order chi connectivity index (χ1) is 10.1. The summed E-state index contributed by atoms with van der Waals surface area (Å²) in [5.74, 6) is 0. The standard InChI is InChI=1S/C15H14N4O2/c1-9-13(11-4-2-3-7-17-11)19-12-6-5-10(18-14(9)12)8-21-15(16)20/h2-7,19H,8H2,1H3,(H2,16,20). The predicted octanol–water partition coefficient (Wildman–Crippen LogP) is 2.53. The van der Waals surface area contributed by atoms with Crippen molar-refractivity contribution in [2.24, 2.45) is 5.73 Å². The Bertz CT molecular complexity index is 796. The van der Waals surface area contributed by atoms with E-state index < -0.39 is 6.09 Å². The van der Waals surface area contributed by atoms with Crippen LogP contribution in [-0.2, 0) is 11.3 Å². The van der Waals surface area contributed by atoms with Crippen LogP contribution in [0.1, 0.15) is 11.3 Å². The number of nitrogens with one attached hydrogen (secondary N) is 1. The van der Waals surface area contributed by atoms with Gasteiger partial charge in [0.1, 0.15) is 6.61 Å². The number of aryl methyl sites for hydroxylation is 1. The largest absolute Gasteiger partial charge is 0.443 e. The van der Waals surface area contributed by atoms with Crippen LogP contribution in [0.4, 0.5) is 4.79 Å². The van der Waals surface area contributed by atoms with E-state index >= 15 is 0 Å². The van der Waals surface area contributed by atoms with Gasteiger partial charge in [-0.05, 0) is 31.2 Å². The van der Waals surface area contributed by atoms with Crippen LogP contribution < -0.4 is 5.73 Å². The zero-order valence-electron chi connectivity index (χ0n) is 11.5. The summed E-state index contributed by atoms with van der Waals surface area (Å²) in [7, 11) is 0. The molecule has 1 amide bonds. The lowest BCUT2D eigenvalue weighted by Crippen LogP contribution is -2.13. The fourth-order valence-electron chi connectivity index (χ4n) is 2.23. The topological polar surface area (TPSA) is 93.9 Å². The highest BCUT2D eigenvalue weighted by Crippen LogP contribution is 2.27. The minimum Gasteiger partial charge on any atom is -0.443 e. The van der Waals surface area contributed by atoms with Crippen LogP contribution in [0.25, 0.3) is 22.4 Å². The van der Waals surface area contributed by atoms with Crippen LogP contribution in [0.2, 0.25) is 0 Å². The molecule has 21 heavy (non-hydrogen) atoms. The van der Waals surface area contributed by atoms with Crippen LogP contribution in [0.5, 0.6) is 0 Å². The SMILES string of the molecule is Cc1c(-c2ccccn2)[nH]c2ccc(COC(N)=O)nc12. The maximum absolute atomic E-state index is 10.7. The number of nitrogens with zero attached hydrogens (tertiary/aromatic N) is 2. The van der Waals surface area contributed by atoms with Crippen LogP contribution >= 0.6 is 0 Å². The molecule has 3 aromatic heterocycles. The third-order valence-corrected chi connectivity index (χ3v) is 3.23. The van der Waals surface area contributed by atoms with E-state index in [0.29, 0.717) is 5.69 Å². The van der Waals surface area contributed by atoms with E-state index in [1.165, 1.54) is 0 Å². The summed E-state index contributed by atoms with van der Waals surface area (Å²) in [6.45, 7) is 2.05. The summed E-state index contributed by atoms with van der Waals surface area (Å²) in [5, 5.41) is 0. The van der Waals surface area contributed by atoms with Crippen molar-refractivity contribution in [3.05, 3.63) is 47.8 Å². The Balaban J connectivity index is 2.02. The summed E-state index contributed by atoms with van der Waals surface area (Å²) in [5.41, 5.74) is 10.2. The molecule has 0 saturated heterocycles. The van der Waals surface area contributed by atoms with Crippen molar-refractivity contribution in [2.45, 2.75) is 13.5 Å². The van der Waals surface area contributed by atoms with Crippen molar-refractivity contribution in [3.63, 3.8) is 0 Å². The number of amides is 1. The number of ether oxygens (including phenoxy) is 1. The molecule has 0 aliphatic carbocycles. The minimum atomic E-state index is -0.808. The Morgan fingerprint density at radius 1 is 1.33 bits per heavy atom. The molecular weight excluding hydrogens is 268 g/mol. The maximum Gasteiger partial charge on any atom is 0.404 e. The first-order valence-corrected chi connectivity index (χ1v) is 6.47. The van der Waals surface area contributed by atoms with Gasteiger partial charge in [0.05, 0.1) is 28.1 Å². The number of carbonyl (C=O) groups is 1. The Labute approximate surface area is 121 Å². The molecule has 3 rings (SSSR count). The van der Waals surface area contributed by atoms with Crippen molar-refractivity contribution in [1.29, 1.82) is 0 Å². The molecule has 0 atom stereocenters. The van der Waals surface area contributed by atoms with E-state index in [0.717, 1.165) is 28.0 Å². The summed E-state index contributed by atoms with van der Waals surface area (Å²) in [6.07, 6.45) is 0.941. The van der Waals surface area contributed by atoms with Gasteiger partial charge in [0.15, 0.2) is 0 Å². The van der Waals surface area contributed by atoms with E-state index in [1.807, 2.05) is 31.2 Å². The second-order valence-corrected chi connectivity index (χ2v) is 4.65. The van der Waals surface area contributed by atoms with Gasteiger partial charge in [0, 0.05) is 11.8 Å². The summed E-state index contributed by atoms with van der Waals surface area (Å²) >= 11 is 0. The molecule has 6 nitrogen and oxygen atoms in total. The average Bonchev–Trinajstić information content (AvgIpc) is 2.83. The molecule has 0 radical (unpaired) electrons. The molecule has 0 aliphatic rings. The Hall–Kier alpha value is -2.89. The molecule has 0 saturated carbocycles. The minimum absolute atomic E-state index is 0.0643. The van der Waals surface area contributed by atoms with Gasteiger partial charge in [-0.2, -0.15) is 0 Å². The van der Waals surface area contributed by atoms with Gasteiger partial charge in [-0.25, -0.2) is 9.78 Å². The van der Waals surface area contributed by atoms with E-state index in [1.54, 1.807) is 12.3 Å². The molecule has 0 aliphatic heterocycles. The number of pyridine rings is 2. The van der Waals surface area contributed by atoms with Gasteiger partial charge < -0.3 is 15.5 Å². The van der Waals surface area contributed by atoms with Gasteiger partial charge in [-0.15, -0.1) is 0 Å². The molecule has 0 bridgehead atoms. The quantitative estimate of drug-likeness (QED) is 0.771. The highest BCUT2D eigenvalue weighted by atomic mass is 16.5. The van der Waals surface area contributed by atoms with E-state index in [-0.39, 0.29) is 6.61 Å². The first kappa shape index (κ1) is 13.1. The maximum atomic E-state index is 10.7. The Kier molecular flexibility index (Phi) is 3.27. The molecular formula is C15H14N4O2. The van der Waals surface area contributed by atoms with Gasteiger partial charge in [0.2, 0.25) is 0 Å². The third-order valence-electron chi connectivity index (χ3n) is 3.23. The van der Waals surface area contributed by atoms with Gasteiger partial charge in [-0.3, -0.25) is 4.98 Å². The van der Waals surface area contributed by atoms with Crippen LogP contribution in [-0.4, -0.2) is 21.0 Å². The van der Waals surface area contributed by atoms with Crippen LogP contribution in [0, 0.1) is 6.92 Å². The molecule has 3 aromatic rings. The van der Waals surface area contributed by atoms with Gasteiger partial charge >= 0.3 is 6.09 Å². The molecule has 0 fully saturated rings. The number of fused-ring (bicyclic) bond motifs is 1. The van der Waals surface area contributed by atoms with Crippen molar-refractivity contribution < 1.29 is 9.53 Å². The summed E-state index contributed by atoms with van der Waals surface area (Å²) < 4.78 is 4.76. The highest BCUT2D eigenvalue weighted by Gasteiger charge is 2.12. The number of aromatic nitrogens is 3. The second-order valence-electron chi connectivity index (χ2n) is 4.65. The molecule has 106 valence electrons. The van der Waals surface area contributed by atoms with Gasteiger partial charge in [-0.1, -0.05) is 6.07 Å². The van der Waals surface area contributed by atoms with Gasteiger partial charge in [0.25, 0.3) is 0 Å². The number of rotatable bonds is 3. The summed E-state index contributed by atoms with van der Waals surface area (Å²) in [4.78, 5) is 22.8. The van der Waals surface area contributed by atoms with E-state index in [2.05, 4.69) is 15.0 Å². The molecule has 0 unspecified atom stereocenters. The number of hydrogen-bond donors (Lipinski definition) is 2. The molecule has 0 aromatic carbocycles. The monoisotopic (exact) mass is 282 g/mol. The average molecular weight is 282 g/mol. The van der Waals surface area contributed by atoms with Crippen molar-refractivity contribution in [1.82, 2.24) is 15.0 Å².